The van der Waals surface area contributed by atoms with Gasteiger partial charge >= 0.3 is 0 Å². The third-order valence-electron chi connectivity index (χ3n) is 0. The van der Waals surface area contributed by atoms with Crippen LogP contribution in [0.25, 0.3) is 0 Å². The average Bonchev–Trinajstić information content (AvgIpc) is 1.94. The smallest absolute Gasteiger partial charge is 0.0483 e. The van der Waals surface area contributed by atoms with E-state index in [1.807, 2.05) is 0 Å². The Balaban J connectivity index is -0.0000000331. The molecule has 0 aromatic heterocycles. The van der Waals surface area contributed by atoms with Gasteiger partial charge < -0.3 is 25.5 Å². The minimum absolute atomic E-state index is 0. The Hall–Kier alpha value is 0.488. The SMILES string of the molecule is CC(C)O.CC(C)O.CC(C)O.CC(C)O.CC(C)O.[Mo]. The molecular formula is C15H40MoO5. The standard InChI is InChI=1S/5C3H8O.Mo/c5*1-3(2)4;/h5*3-4H,1-2H3;. The van der Waals surface area contributed by atoms with Crippen molar-refractivity contribution in [3.8, 4) is 0 Å². The molecule has 0 aliphatic heterocycles. The predicted molar refractivity (Wildman–Crippen MR) is 86.8 cm³/mol. The summed E-state index contributed by atoms with van der Waals surface area (Å²) in [5.41, 5.74) is 0. The van der Waals surface area contributed by atoms with Crippen LogP contribution in [0.5, 0.6) is 0 Å². The Kier molecular flexibility index (Phi) is 58.1. The minimum atomic E-state index is -0.167. The summed E-state index contributed by atoms with van der Waals surface area (Å²) in [5.74, 6) is 0. The minimum Gasteiger partial charge on any atom is -0.394 e. The van der Waals surface area contributed by atoms with Crippen molar-refractivity contribution in [2.24, 2.45) is 0 Å². The van der Waals surface area contributed by atoms with E-state index in [2.05, 4.69) is 0 Å². The zero-order valence-electron chi connectivity index (χ0n) is 15.5. The first kappa shape index (κ1) is 37.6. The fourth-order valence-corrected chi connectivity index (χ4v) is 0. The quantitative estimate of drug-likeness (QED) is 0.403. The van der Waals surface area contributed by atoms with Gasteiger partial charge in [-0.2, -0.15) is 0 Å². The van der Waals surface area contributed by atoms with Crippen molar-refractivity contribution in [1.29, 1.82) is 0 Å². The number of hydrogen-bond acceptors (Lipinski definition) is 5. The maximum absolute atomic E-state index is 8.06. The predicted octanol–water partition coefficient (Wildman–Crippen LogP) is 1.93. The van der Waals surface area contributed by atoms with Gasteiger partial charge in [-0.05, 0) is 69.2 Å². The Labute approximate surface area is 146 Å². The van der Waals surface area contributed by atoms with E-state index in [-0.39, 0.29) is 51.6 Å². The van der Waals surface area contributed by atoms with Crippen molar-refractivity contribution >= 4 is 0 Å². The van der Waals surface area contributed by atoms with E-state index >= 15 is 0 Å². The summed E-state index contributed by atoms with van der Waals surface area (Å²) in [5, 5.41) is 40.3. The summed E-state index contributed by atoms with van der Waals surface area (Å²) in [6, 6.07) is 0. The fourth-order valence-electron chi connectivity index (χ4n) is 0. The van der Waals surface area contributed by atoms with E-state index in [9.17, 15) is 0 Å². The van der Waals surface area contributed by atoms with Gasteiger partial charge in [-0.1, -0.05) is 0 Å². The van der Waals surface area contributed by atoms with Crippen molar-refractivity contribution in [3.05, 3.63) is 0 Å². The Morgan fingerprint density at radius 3 is 0.333 bits per heavy atom. The van der Waals surface area contributed by atoms with Crippen molar-refractivity contribution in [3.63, 3.8) is 0 Å². The summed E-state index contributed by atoms with van der Waals surface area (Å²) in [4.78, 5) is 0. The van der Waals surface area contributed by atoms with Crippen LogP contribution in [-0.2, 0) is 21.1 Å². The van der Waals surface area contributed by atoms with Gasteiger partial charge in [0.25, 0.3) is 0 Å². The van der Waals surface area contributed by atoms with E-state index in [0.717, 1.165) is 0 Å². The molecule has 0 radical (unpaired) electrons. The first-order valence-corrected chi connectivity index (χ1v) is 7.06. The second kappa shape index (κ2) is 32.4. The van der Waals surface area contributed by atoms with E-state index in [0.29, 0.717) is 0 Å². The molecule has 0 fully saturated rings. The summed E-state index contributed by atoms with van der Waals surface area (Å²) in [6.45, 7) is 17.2. The maximum Gasteiger partial charge on any atom is 0.0483 e. The van der Waals surface area contributed by atoms with Crippen molar-refractivity contribution in [1.82, 2.24) is 0 Å². The molecule has 21 heavy (non-hydrogen) atoms. The first-order chi connectivity index (χ1) is 8.66. The molecule has 0 aromatic rings. The van der Waals surface area contributed by atoms with Crippen LogP contribution >= 0.6 is 0 Å². The second-order valence-electron chi connectivity index (χ2n) is 5.47. The summed E-state index contributed by atoms with van der Waals surface area (Å²) in [7, 11) is 0. The number of rotatable bonds is 0. The Bertz CT molecular complexity index is 80.6. The van der Waals surface area contributed by atoms with Gasteiger partial charge in [-0.3, -0.25) is 0 Å². The normalized spacial score (nSPS) is 8.57. The fraction of sp³-hybridized carbons (Fsp3) is 1.00. The van der Waals surface area contributed by atoms with Gasteiger partial charge in [0.05, 0.1) is 0 Å². The van der Waals surface area contributed by atoms with Crippen LogP contribution < -0.4 is 0 Å². The average molecular weight is 396 g/mol. The van der Waals surface area contributed by atoms with Gasteiger partial charge in [0.15, 0.2) is 0 Å². The van der Waals surface area contributed by atoms with E-state index in [1.165, 1.54) is 0 Å². The molecule has 0 atom stereocenters. The van der Waals surface area contributed by atoms with Crippen LogP contribution in [0.2, 0.25) is 0 Å². The van der Waals surface area contributed by atoms with E-state index in [1.54, 1.807) is 69.2 Å². The van der Waals surface area contributed by atoms with Gasteiger partial charge in [0.1, 0.15) is 0 Å². The van der Waals surface area contributed by atoms with Crippen LogP contribution in [0.15, 0.2) is 0 Å². The van der Waals surface area contributed by atoms with Crippen molar-refractivity contribution in [2.75, 3.05) is 0 Å². The van der Waals surface area contributed by atoms with Crippen LogP contribution in [0.3, 0.4) is 0 Å². The molecule has 0 aromatic carbocycles. The largest absolute Gasteiger partial charge is 0.394 e. The van der Waals surface area contributed by atoms with Crippen LogP contribution in [-0.4, -0.2) is 56.1 Å². The summed E-state index contributed by atoms with van der Waals surface area (Å²) < 4.78 is 0. The molecule has 5 N–H and O–H groups in total. The third-order valence-corrected chi connectivity index (χ3v) is 0. The summed E-state index contributed by atoms with van der Waals surface area (Å²) in [6.07, 6.45) is -0.833. The van der Waals surface area contributed by atoms with Crippen molar-refractivity contribution < 1.29 is 46.6 Å². The summed E-state index contributed by atoms with van der Waals surface area (Å²) >= 11 is 0. The molecule has 0 spiro atoms. The molecule has 0 unspecified atom stereocenters. The molecule has 5 nitrogen and oxygen atoms in total. The molecule has 0 aliphatic carbocycles. The van der Waals surface area contributed by atoms with Crippen LogP contribution in [0.1, 0.15) is 69.2 Å². The Morgan fingerprint density at radius 1 is 0.333 bits per heavy atom. The van der Waals surface area contributed by atoms with Gasteiger partial charge in [0.2, 0.25) is 0 Å². The molecule has 0 heterocycles. The van der Waals surface area contributed by atoms with Crippen molar-refractivity contribution in [2.45, 2.75) is 99.8 Å². The Morgan fingerprint density at radius 2 is 0.333 bits per heavy atom. The van der Waals surface area contributed by atoms with E-state index < -0.39 is 0 Å². The monoisotopic (exact) mass is 398 g/mol. The molecule has 0 bridgehead atoms. The van der Waals surface area contributed by atoms with Crippen LogP contribution in [0.4, 0.5) is 0 Å². The first-order valence-electron chi connectivity index (χ1n) is 7.06. The molecule has 136 valence electrons. The van der Waals surface area contributed by atoms with Crippen LogP contribution in [0, 0.1) is 0 Å². The zero-order chi connectivity index (χ0) is 17.9. The molecule has 0 saturated heterocycles. The molecule has 0 aliphatic rings. The maximum atomic E-state index is 8.06. The zero-order valence-corrected chi connectivity index (χ0v) is 17.5. The molecule has 0 amide bonds. The number of aliphatic hydroxyl groups excluding tert-OH is 5. The third kappa shape index (κ3) is 29400. The van der Waals surface area contributed by atoms with E-state index in [4.69, 9.17) is 25.5 Å². The molecular weight excluding hydrogens is 356 g/mol. The number of hydrogen-bond donors (Lipinski definition) is 5. The van der Waals surface area contributed by atoms with Gasteiger partial charge in [-0.15, -0.1) is 0 Å². The molecule has 6 heteroatoms. The van der Waals surface area contributed by atoms with Gasteiger partial charge in [-0.25, -0.2) is 0 Å². The molecule has 0 saturated carbocycles. The second-order valence-corrected chi connectivity index (χ2v) is 5.47. The van der Waals surface area contributed by atoms with Gasteiger partial charge in [0, 0.05) is 51.6 Å². The number of aliphatic hydroxyl groups is 5. The molecule has 0 rings (SSSR count). The topological polar surface area (TPSA) is 101 Å².